The third-order valence-corrected chi connectivity index (χ3v) is 2.95. The summed E-state index contributed by atoms with van der Waals surface area (Å²) in [5, 5.41) is 12.2. The monoisotopic (exact) mass is 255 g/mol. The van der Waals surface area contributed by atoms with Crippen LogP contribution in [0.3, 0.4) is 0 Å². The van der Waals surface area contributed by atoms with Crippen LogP contribution in [0, 0.1) is 6.92 Å². The van der Waals surface area contributed by atoms with Gasteiger partial charge in [-0.2, -0.15) is 0 Å². The molecule has 0 fully saturated rings. The molecular weight excluding hydrogens is 238 g/mol. The fourth-order valence-corrected chi connectivity index (χ4v) is 1.87. The zero-order valence-corrected chi connectivity index (χ0v) is 10.9. The number of hydrogen-bond acceptors (Lipinski definition) is 2. The first kappa shape index (κ1) is 13.3. The van der Waals surface area contributed by atoms with Gasteiger partial charge in [-0.15, -0.1) is 0 Å². The Morgan fingerprint density at radius 2 is 1.74 bits per heavy atom. The first-order chi connectivity index (χ1) is 9.15. The van der Waals surface area contributed by atoms with E-state index in [1.165, 1.54) is 11.1 Å². The first-order valence-electron chi connectivity index (χ1n) is 6.23. The predicted octanol–water partition coefficient (Wildman–Crippen LogP) is 2.98. The summed E-state index contributed by atoms with van der Waals surface area (Å²) in [4.78, 5) is 10.9. The Balaban J connectivity index is 1.90. The standard InChI is InChI=1S/C16H17NO2/c1-12-5-7-13(8-6-12)10-17-11-14-3-2-4-15(9-14)16(18)19/h2-9,17H,10-11H2,1H3,(H,18,19). The maximum Gasteiger partial charge on any atom is 0.335 e. The summed E-state index contributed by atoms with van der Waals surface area (Å²) in [6.07, 6.45) is 0. The largest absolute Gasteiger partial charge is 0.478 e. The van der Waals surface area contributed by atoms with E-state index in [0.29, 0.717) is 12.1 Å². The van der Waals surface area contributed by atoms with Gasteiger partial charge in [0.1, 0.15) is 0 Å². The van der Waals surface area contributed by atoms with Gasteiger partial charge in [-0.05, 0) is 30.2 Å². The number of aromatic carboxylic acids is 1. The minimum Gasteiger partial charge on any atom is -0.478 e. The lowest BCUT2D eigenvalue weighted by atomic mass is 10.1. The summed E-state index contributed by atoms with van der Waals surface area (Å²) < 4.78 is 0. The van der Waals surface area contributed by atoms with Crippen molar-refractivity contribution in [1.82, 2.24) is 5.32 Å². The number of nitrogens with one attached hydrogen (secondary N) is 1. The summed E-state index contributed by atoms with van der Waals surface area (Å²) in [6, 6.07) is 15.4. The molecule has 0 aliphatic carbocycles. The highest BCUT2D eigenvalue weighted by atomic mass is 16.4. The SMILES string of the molecule is Cc1ccc(CNCc2cccc(C(=O)O)c2)cc1. The van der Waals surface area contributed by atoms with Crippen molar-refractivity contribution in [2.24, 2.45) is 0 Å². The molecule has 2 aromatic rings. The van der Waals surface area contributed by atoms with Gasteiger partial charge in [-0.3, -0.25) is 0 Å². The first-order valence-corrected chi connectivity index (χ1v) is 6.23. The van der Waals surface area contributed by atoms with Crippen molar-refractivity contribution in [2.45, 2.75) is 20.0 Å². The molecule has 0 amide bonds. The van der Waals surface area contributed by atoms with Crippen molar-refractivity contribution in [3.8, 4) is 0 Å². The lowest BCUT2D eigenvalue weighted by molar-refractivity contribution is 0.0696. The molecular formula is C16H17NO2. The second kappa shape index (κ2) is 6.16. The van der Waals surface area contributed by atoms with Gasteiger partial charge in [-0.1, -0.05) is 42.0 Å². The van der Waals surface area contributed by atoms with Crippen molar-refractivity contribution in [3.05, 3.63) is 70.8 Å². The van der Waals surface area contributed by atoms with Crippen LogP contribution in [0.25, 0.3) is 0 Å². The van der Waals surface area contributed by atoms with E-state index in [0.717, 1.165) is 12.1 Å². The highest BCUT2D eigenvalue weighted by molar-refractivity contribution is 5.87. The van der Waals surface area contributed by atoms with E-state index in [1.807, 2.05) is 6.07 Å². The molecule has 2 aromatic carbocycles. The average molecular weight is 255 g/mol. The molecule has 0 spiro atoms. The molecule has 2 rings (SSSR count). The van der Waals surface area contributed by atoms with E-state index in [4.69, 9.17) is 5.11 Å². The van der Waals surface area contributed by atoms with Crippen LogP contribution in [-0.4, -0.2) is 11.1 Å². The van der Waals surface area contributed by atoms with Crippen molar-refractivity contribution in [1.29, 1.82) is 0 Å². The van der Waals surface area contributed by atoms with Gasteiger partial charge in [0.05, 0.1) is 5.56 Å². The molecule has 0 aliphatic rings. The van der Waals surface area contributed by atoms with Gasteiger partial charge in [-0.25, -0.2) is 4.79 Å². The summed E-state index contributed by atoms with van der Waals surface area (Å²) in [5.74, 6) is -0.889. The number of hydrogen-bond donors (Lipinski definition) is 2. The molecule has 0 radical (unpaired) electrons. The fraction of sp³-hybridized carbons (Fsp3) is 0.188. The molecule has 0 heterocycles. The van der Waals surface area contributed by atoms with Crippen LogP contribution in [0.4, 0.5) is 0 Å². The van der Waals surface area contributed by atoms with E-state index in [2.05, 4.69) is 36.5 Å². The molecule has 0 saturated carbocycles. The van der Waals surface area contributed by atoms with Gasteiger partial charge < -0.3 is 10.4 Å². The number of benzene rings is 2. The predicted molar refractivity (Wildman–Crippen MR) is 75.1 cm³/mol. The Morgan fingerprint density at radius 1 is 1.05 bits per heavy atom. The quantitative estimate of drug-likeness (QED) is 0.863. The second-order valence-corrected chi connectivity index (χ2v) is 4.59. The molecule has 3 nitrogen and oxygen atoms in total. The smallest absolute Gasteiger partial charge is 0.335 e. The van der Waals surface area contributed by atoms with Gasteiger partial charge >= 0.3 is 5.97 Å². The summed E-state index contributed by atoms with van der Waals surface area (Å²) >= 11 is 0. The van der Waals surface area contributed by atoms with Crippen LogP contribution < -0.4 is 5.32 Å². The van der Waals surface area contributed by atoms with Gasteiger partial charge in [0.25, 0.3) is 0 Å². The topological polar surface area (TPSA) is 49.3 Å². The normalized spacial score (nSPS) is 10.4. The highest BCUT2D eigenvalue weighted by Gasteiger charge is 2.02. The Kier molecular flexibility index (Phi) is 4.31. The zero-order chi connectivity index (χ0) is 13.7. The number of carbonyl (C=O) groups is 1. The van der Waals surface area contributed by atoms with Crippen LogP contribution in [-0.2, 0) is 13.1 Å². The fourth-order valence-electron chi connectivity index (χ4n) is 1.87. The summed E-state index contributed by atoms with van der Waals surface area (Å²) in [7, 11) is 0. The van der Waals surface area contributed by atoms with E-state index in [9.17, 15) is 4.79 Å². The molecule has 0 aromatic heterocycles. The summed E-state index contributed by atoms with van der Waals surface area (Å²) in [5.41, 5.74) is 3.78. The van der Waals surface area contributed by atoms with E-state index in [1.54, 1.807) is 18.2 Å². The van der Waals surface area contributed by atoms with Crippen molar-refractivity contribution >= 4 is 5.97 Å². The van der Waals surface area contributed by atoms with Crippen molar-refractivity contribution < 1.29 is 9.90 Å². The zero-order valence-electron chi connectivity index (χ0n) is 10.9. The van der Waals surface area contributed by atoms with Crippen LogP contribution in [0.5, 0.6) is 0 Å². The highest BCUT2D eigenvalue weighted by Crippen LogP contribution is 2.06. The molecule has 3 heteroatoms. The Labute approximate surface area is 112 Å². The lowest BCUT2D eigenvalue weighted by Gasteiger charge is -2.06. The Morgan fingerprint density at radius 3 is 2.42 bits per heavy atom. The second-order valence-electron chi connectivity index (χ2n) is 4.59. The van der Waals surface area contributed by atoms with Crippen LogP contribution in [0.2, 0.25) is 0 Å². The third-order valence-electron chi connectivity index (χ3n) is 2.95. The Bertz CT molecular complexity index is 561. The van der Waals surface area contributed by atoms with Crippen LogP contribution in [0.15, 0.2) is 48.5 Å². The van der Waals surface area contributed by atoms with E-state index < -0.39 is 5.97 Å². The van der Waals surface area contributed by atoms with Crippen molar-refractivity contribution in [3.63, 3.8) is 0 Å². The van der Waals surface area contributed by atoms with Crippen molar-refractivity contribution in [2.75, 3.05) is 0 Å². The third kappa shape index (κ3) is 3.93. The molecule has 0 aliphatic heterocycles. The molecule has 0 unspecified atom stereocenters. The minimum atomic E-state index is -0.889. The maximum absolute atomic E-state index is 10.9. The van der Waals surface area contributed by atoms with Crippen LogP contribution in [0.1, 0.15) is 27.0 Å². The number of aryl methyl sites for hydroxylation is 1. The average Bonchev–Trinajstić information content (AvgIpc) is 2.41. The van der Waals surface area contributed by atoms with Gasteiger partial charge in [0.2, 0.25) is 0 Å². The molecule has 0 saturated heterocycles. The number of carboxylic acid groups (broad SMARTS) is 1. The minimum absolute atomic E-state index is 0.328. The molecule has 98 valence electrons. The van der Waals surface area contributed by atoms with E-state index in [-0.39, 0.29) is 0 Å². The number of rotatable bonds is 5. The Hall–Kier alpha value is -2.13. The molecule has 19 heavy (non-hydrogen) atoms. The molecule has 2 N–H and O–H groups in total. The summed E-state index contributed by atoms with van der Waals surface area (Å²) in [6.45, 7) is 3.50. The maximum atomic E-state index is 10.9. The van der Waals surface area contributed by atoms with Gasteiger partial charge in [0, 0.05) is 13.1 Å². The molecule has 0 bridgehead atoms. The van der Waals surface area contributed by atoms with Crippen LogP contribution >= 0.6 is 0 Å². The van der Waals surface area contributed by atoms with Gasteiger partial charge in [0.15, 0.2) is 0 Å². The van der Waals surface area contributed by atoms with E-state index >= 15 is 0 Å². The lowest BCUT2D eigenvalue weighted by Crippen LogP contribution is -2.13. The molecule has 0 atom stereocenters. The number of carboxylic acids is 1.